The third-order valence-corrected chi connectivity index (χ3v) is 5.84. The summed E-state index contributed by atoms with van der Waals surface area (Å²) in [7, 11) is 0. The van der Waals surface area contributed by atoms with Gasteiger partial charge in [-0.05, 0) is 49.1 Å². The van der Waals surface area contributed by atoms with Crippen molar-refractivity contribution in [3.05, 3.63) is 70.1 Å². The Morgan fingerprint density at radius 1 is 1.35 bits per heavy atom. The van der Waals surface area contributed by atoms with E-state index >= 15 is 0 Å². The quantitative estimate of drug-likeness (QED) is 0.572. The van der Waals surface area contributed by atoms with Crippen LogP contribution in [0.15, 0.2) is 47.8 Å². The number of rotatable bonds is 6. The van der Waals surface area contributed by atoms with Crippen molar-refractivity contribution >= 4 is 23.1 Å². The summed E-state index contributed by atoms with van der Waals surface area (Å²) >= 11 is 1.57. The molecule has 7 nitrogen and oxygen atoms in total. The van der Waals surface area contributed by atoms with Crippen molar-refractivity contribution in [2.24, 2.45) is 0 Å². The van der Waals surface area contributed by atoms with E-state index in [1.165, 1.54) is 0 Å². The Hall–Kier alpha value is -3.25. The molecule has 1 aromatic carbocycles. The van der Waals surface area contributed by atoms with Crippen molar-refractivity contribution < 1.29 is 19.4 Å². The van der Waals surface area contributed by atoms with Crippen LogP contribution in [0.2, 0.25) is 0 Å². The number of carbonyl (C=O) groups is 1. The molecule has 8 heteroatoms. The molecule has 4 rings (SSSR count). The minimum Gasteiger partial charge on any atom is -0.478 e. The number of aromatic nitrogens is 1. The molecule has 0 bridgehead atoms. The SMILES string of the molecule is CC1(C)OCC(c2cc(-c3cccs3)nc(NCc3ccc(C(=O)O)cc3)c2C#N)O1. The van der Waals surface area contributed by atoms with Gasteiger partial charge in [0.2, 0.25) is 0 Å². The summed E-state index contributed by atoms with van der Waals surface area (Å²) in [6, 6.07) is 14.7. The smallest absolute Gasteiger partial charge is 0.335 e. The van der Waals surface area contributed by atoms with Crippen LogP contribution in [0, 0.1) is 11.3 Å². The fourth-order valence-corrected chi connectivity index (χ4v) is 4.09. The van der Waals surface area contributed by atoms with E-state index in [-0.39, 0.29) is 11.7 Å². The minimum absolute atomic E-state index is 0.225. The van der Waals surface area contributed by atoms with E-state index in [1.807, 2.05) is 37.4 Å². The van der Waals surface area contributed by atoms with Crippen molar-refractivity contribution in [3.8, 4) is 16.6 Å². The Labute approximate surface area is 183 Å². The van der Waals surface area contributed by atoms with E-state index in [0.29, 0.717) is 24.5 Å². The van der Waals surface area contributed by atoms with E-state index < -0.39 is 11.8 Å². The number of benzene rings is 1. The highest BCUT2D eigenvalue weighted by atomic mass is 32.1. The van der Waals surface area contributed by atoms with Crippen LogP contribution in [0.1, 0.15) is 47.0 Å². The second kappa shape index (κ2) is 8.47. The average Bonchev–Trinajstić information content (AvgIpc) is 3.41. The number of aromatic carboxylic acids is 1. The summed E-state index contributed by atoms with van der Waals surface area (Å²) in [6.07, 6.45) is -0.373. The number of carboxylic acids is 1. The van der Waals surface area contributed by atoms with Gasteiger partial charge in [-0.2, -0.15) is 5.26 Å². The molecule has 2 aromatic heterocycles. The number of pyridine rings is 1. The zero-order chi connectivity index (χ0) is 22.0. The van der Waals surface area contributed by atoms with E-state index in [2.05, 4.69) is 11.4 Å². The molecule has 2 N–H and O–H groups in total. The lowest BCUT2D eigenvalue weighted by molar-refractivity contribution is -0.139. The molecule has 158 valence electrons. The van der Waals surface area contributed by atoms with Gasteiger partial charge in [-0.15, -0.1) is 11.3 Å². The van der Waals surface area contributed by atoms with Crippen LogP contribution >= 0.6 is 11.3 Å². The molecule has 1 atom stereocenters. The molecule has 1 aliphatic heterocycles. The largest absolute Gasteiger partial charge is 0.478 e. The standard InChI is InChI=1S/C23H21N3O4S/c1-23(2)29-13-19(30-23)16-10-18(20-4-3-9-31-20)26-21(17(16)11-24)25-12-14-5-7-15(8-6-14)22(27)28/h3-10,19H,12-13H2,1-2H3,(H,25,26)(H,27,28). The van der Waals surface area contributed by atoms with Crippen molar-refractivity contribution in [1.82, 2.24) is 4.98 Å². The van der Waals surface area contributed by atoms with Crippen molar-refractivity contribution in [2.75, 3.05) is 11.9 Å². The van der Waals surface area contributed by atoms with Gasteiger partial charge < -0.3 is 19.9 Å². The third kappa shape index (κ3) is 4.59. The van der Waals surface area contributed by atoms with Gasteiger partial charge in [0.05, 0.1) is 22.7 Å². The number of anilines is 1. The predicted molar refractivity (Wildman–Crippen MR) is 117 cm³/mol. The van der Waals surface area contributed by atoms with Gasteiger partial charge in [-0.25, -0.2) is 9.78 Å². The van der Waals surface area contributed by atoms with Gasteiger partial charge in [0, 0.05) is 12.1 Å². The number of nitrogens with zero attached hydrogens (tertiary/aromatic N) is 2. The Morgan fingerprint density at radius 3 is 2.71 bits per heavy atom. The van der Waals surface area contributed by atoms with Crippen LogP contribution in [0.25, 0.3) is 10.6 Å². The molecule has 0 spiro atoms. The highest BCUT2D eigenvalue weighted by molar-refractivity contribution is 7.13. The summed E-state index contributed by atoms with van der Waals surface area (Å²) in [4.78, 5) is 16.7. The fourth-order valence-electron chi connectivity index (χ4n) is 3.41. The fraction of sp³-hybridized carbons (Fsp3) is 0.261. The Balaban J connectivity index is 1.68. The molecule has 0 amide bonds. The maximum absolute atomic E-state index is 11.1. The molecular formula is C23H21N3O4S. The lowest BCUT2D eigenvalue weighted by atomic mass is 10.0. The van der Waals surface area contributed by atoms with Crippen LogP contribution in [0.3, 0.4) is 0 Å². The first-order valence-corrected chi connectivity index (χ1v) is 10.6. The van der Waals surface area contributed by atoms with Gasteiger partial charge in [-0.3, -0.25) is 0 Å². The van der Waals surface area contributed by atoms with Crippen molar-refractivity contribution in [1.29, 1.82) is 5.26 Å². The Morgan fingerprint density at radius 2 is 2.13 bits per heavy atom. The molecule has 1 saturated heterocycles. The third-order valence-electron chi connectivity index (χ3n) is 4.95. The number of nitriles is 1. The van der Waals surface area contributed by atoms with E-state index in [1.54, 1.807) is 35.6 Å². The number of ether oxygens (including phenoxy) is 2. The summed E-state index contributed by atoms with van der Waals surface area (Å²) in [6.45, 7) is 4.44. The predicted octanol–water partition coefficient (Wildman–Crippen LogP) is 4.82. The molecule has 1 fully saturated rings. The van der Waals surface area contributed by atoms with Gasteiger partial charge in [0.15, 0.2) is 5.79 Å². The Bertz CT molecular complexity index is 1130. The lowest BCUT2D eigenvalue weighted by Crippen LogP contribution is -2.20. The van der Waals surface area contributed by atoms with Gasteiger partial charge in [-0.1, -0.05) is 18.2 Å². The van der Waals surface area contributed by atoms with Gasteiger partial charge in [0.25, 0.3) is 0 Å². The van der Waals surface area contributed by atoms with E-state index in [9.17, 15) is 10.1 Å². The minimum atomic E-state index is -0.969. The van der Waals surface area contributed by atoms with Crippen LogP contribution in [0.4, 0.5) is 5.82 Å². The monoisotopic (exact) mass is 435 g/mol. The van der Waals surface area contributed by atoms with Crippen molar-refractivity contribution in [2.45, 2.75) is 32.3 Å². The van der Waals surface area contributed by atoms with Gasteiger partial charge in [0.1, 0.15) is 23.6 Å². The average molecular weight is 436 g/mol. The first kappa shape index (κ1) is 21.0. The Kier molecular flexibility index (Phi) is 5.74. The second-order valence-corrected chi connectivity index (χ2v) is 8.53. The molecule has 1 unspecified atom stereocenters. The topological polar surface area (TPSA) is 104 Å². The highest BCUT2D eigenvalue weighted by Crippen LogP contribution is 2.38. The zero-order valence-electron chi connectivity index (χ0n) is 17.1. The summed E-state index contributed by atoms with van der Waals surface area (Å²) in [5.74, 6) is -1.23. The number of nitrogens with one attached hydrogen (secondary N) is 1. The first-order chi connectivity index (χ1) is 14.9. The first-order valence-electron chi connectivity index (χ1n) is 9.73. The molecule has 1 aliphatic rings. The summed E-state index contributed by atoms with van der Waals surface area (Å²) < 4.78 is 11.7. The second-order valence-electron chi connectivity index (χ2n) is 7.58. The summed E-state index contributed by atoms with van der Waals surface area (Å²) in [5, 5.41) is 24.2. The molecule has 3 heterocycles. The maximum Gasteiger partial charge on any atom is 0.335 e. The lowest BCUT2D eigenvalue weighted by Gasteiger charge is -2.19. The molecular weight excluding hydrogens is 414 g/mol. The number of hydrogen-bond acceptors (Lipinski definition) is 7. The summed E-state index contributed by atoms with van der Waals surface area (Å²) in [5.41, 5.74) is 2.99. The van der Waals surface area contributed by atoms with Crippen LogP contribution in [0.5, 0.6) is 0 Å². The van der Waals surface area contributed by atoms with E-state index in [0.717, 1.165) is 21.7 Å². The normalized spacial score (nSPS) is 17.3. The van der Waals surface area contributed by atoms with Gasteiger partial charge >= 0.3 is 5.97 Å². The number of thiophene rings is 1. The highest BCUT2D eigenvalue weighted by Gasteiger charge is 2.35. The maximum atomic E-state index is 11.1. The molecule has 31 heavy (non-hydrogen) atoms. The van der Waals surface area contributed by atoms with E-state index in [4.69, 9.17) is 19.6 Å². The molecule has 0 radical (unpaired) electrons. The van der Waals surface area contributed by atoms with Crippen LogP contribution in [-0.2, 0) is 16.0 Å². The zero-order valence-corrected chi connectivity index (χ0v) is 17.9. The number of carboxylic acid groups (broad SMARTS) is 1. The van der Waals surface area contributed by atoms with Crippen molar-refractivity contribution in [3.63, 3.8) is 0 Å². The molecule has 3 aromatic rings. The van der Waals surface area contributed by atoms with Crippen LogP contribution < -0.4 is 5.32 Å². The molecule has 0 aliphatic carbocycles. The molecule has 0 saturated carbocycles. The van der Waals surface area contributed by atoms with Crippen LogP contribution in [-0.4, -0.2) is 28.5 Å². The number of hydrogen-bond donors (Lipinski definition) is 2.